The van der Waals surface area contributed by atoms with Crippen LogP contribution in [0, 0.1) is 23.5 Å². The number of nitriles is 1. The summed E-state index contributed by atoms with van der Waals surface area (Å²) in [5.74, 6) is -0.586. The average Bonchev–Trinajstić information content (AvgIpc) is 2.90. The van der Waals surface area contributed by atoms with E-state index < -0.39 is 11.9 Å². The zero-order chi connectivity index (χ0) is 24.9. The SMILES string of the molecule is C=CC(=O)OC#COCCCCc1ccc(C(=O)Oc2ccc(-c3ccc(C#N)cc3)cc2)cc1. The second-order valence-electron chi connectivity index (χ2n) is 7.43. The summed E-state index contributed by atoms with van der Waals surface area (Å²) >= 11 is 0. The highest BCUT2D eigenvalue weighted by Crippen LogP contribution is 2.23. The number of esters is 2. The van der Waals surface area contributed by atoms with Gasteiger partial charge in [0.1, 0.15) is 12.4 Å². The summed E-state index contributed by atoms with van der Waals surface area (Å²) in [5, 5.41) is 8.91. The van der Waals surface area contributed by atoms with Crippen molar-refractivity contribution in [1.82, 2.24) is 0 Å². The van der Waals surface area contributed by atoms with E-state index in [1.54, 1.807) is 36.4 Å². The minimum atomic E-state index is -0.619. The number of benzene rings is 3. The summed E-state index contributed by atoms with van der Waals surface area (Å²) in [5.41, 5.74) is 4.12. The molecule has 0 aliphatic carbocycles. The fourth-order valence-electron chi connectivity index (χ4n) is 3.12. The fraction of sp³-hybridized carbons (Fsp3) is 0.138. The maximum Gasteiger partial charge on any atom is 0.344 e. The third kappa shape index (κ3) is 7.92. The molecular formula is C29H23NO5. The van der Waals surface area contributed by atoms with Gasteiger partial charge in [-0.15, -0.1) is 0 Å². The first-order valence-corrected chi connectivity index (χ1v) is 11.0. The van der Waals surface area contributed by atoms with Crippen molar-refractivity contribution in [3.8, 4) is 35.2 Å². The molecule has 0 heterocycles. The summed E-state index contributed by atoms with van der Waals surface area (Å²) in [7, 11) is 0. The first-order chi connectivity index (χ1) is 17.1. The summed E-state index contributed by atoms with van der Waals surface area (Å²) in [6.07, 6.45) is 7.96. The molecule has 0 bridgehead atoms. The van der Waals surface area contributed by atoms with Gasteiger partial charge in [0.15, 0.2) is 12.2 Å². The molecule has 0 fully saturated rings. The number of hydrogen-bond acceptors (Lipinski definition) is 6. The molecule has 0 radical (unpaired) electrons. The topological polar surface area (TPSA) is 85.6 Å². The molecular weight excluding hydrogens is 442 g/mol. The lowest BCUT2D eigenvalue weighted by Crippen LogP contribution is -2.08. The molecule has 0 saturated carbocycles. The molecule has 0 N–H and O–H groups in total. The van der Waals surface area contributed by atoms with Gasteiger partial charge < -0.3 is 14.2 Å². The van der Waals surface area contributed by atoms with Gasteiger partial charge in [-0.05, 0) is 72.4 Å². The third-order valence-electron chi connectivity index (χ3n) is 5.00. The third-order valence-corrected chi connectivity index (χ3v) is 5.00. The molecule has 3 aromatic rings. The van der Waals surface area contributed by atoms with E-state index in [-0.39, 0.29) is 0 Å². The van der Waals surface area contributed by atoms with Crippen molar-refractivity contribution >= 4 is 11.9 Å². The van der Waals surface area contributed by atoms with Gasteiger partial charge in [0.05, 0.1) is 17.2 Å². The zero-order valence-electron chi connectivity index (χ0n) is 19.0. The van der Waals surface area contributed by atoms with Crippen LogP contribution in [0.4, 0.5) is 0 Å². The van der Waals surface area contributed by atoms with E-state index >= 15 is 0 Å². The summed E-state index contributed by atoms with van der Waals surface area (Å²) in [6, 6.07) is 23.9. The Balaban J connectivity index is 1.43. The minimum absolute atomic E-state index is 0.424. The molecule has 6 nitrogen and oxygen atoms in total. The van der Waals surface area contributed by atoms with Gasteiger partial charge in [0.25, 0.3) is 0 Å². The second-order valence-corrected chi connectivity index (χ2v) is 7.43. The van der Waals surface area contributed by atoms with Gasteiger partial charge >= 0.3 is 11.9 Å². The first kappa shape index (κ1) is 24.8. The molecule has 0 aliphatic rings. The van der Waals surface area contributed by atoms with Crippen molar-refractivity contribution < 1.29 is 23.8 Å². The van der Waals surface area contributed by atoms with E-state index in [0.29, 0.717) is 23.5 Å². The molecule has 0 saturated heterocycles. The molecule has 35 heavy (non-hydrogen) atoms. The van der Waals surface area contributed by atoms with E-state index in [4.69, 9.17) is 14.7 Å². The van der Waals surface area contributed by atoms with Crippen molar-refractivity contribution in [2.75, 3.05) is 6.61 Å². The van der Waals surface area contributed by atoms with Crippen LogP contribution in [0.3, 0.4) is 0 Å². The molecule has 3 aromatic carbocycles. The summed E-state index contributed by atoms with van der Waals surface area (Å²) in [4.78, 5) is 23.3. The Morgan fingerprint density at radius 2 is 1.51 bits per heavy atom. The van der Waals surface area contributed by atoms with E-state index in [9.17, 15) is 9.59 Å². The van der Waals surface area contributed by atoms with Crippen LogP contribution in [0.2, 0.25) is 0 Å². The fourth-order valence-corrected chi connectivity index (χ4v) is 3.12. The predicted octanol–water partition coefficient (Wildman–Crippen LogP) is 5.43. The van der Waals surface area contributed by atoms with E-state index in [2.05, 4.69) is 29.6 Å². The van der Waals surface area contributed by atoms with Crippen LogP contribution in [-0.4, -0.2) is 18.5 Å². The Hall–Kier alpha value is -4.81. The maximum absolute atomic E-state index is 12.5. The monoisotopic (exact) mass is 465 g/mol. The first-order valence-electron chi connectivity index (χ1n) is 11.0. The highest BCUT2D eigenvalue weighted by Gasteiger charge is 2.09. The largest absolute Gasteiger partial charge is 0.444 e. The Morgan fingerprint density at radius 1 is 0.857 bits per heavy atom. The highest BCUT2D eigenvalue weighted by atomic mass is 16.5. The molecule has 0 spiro atoms. The van der Waals surface area contributed by atoms with Crippen LogP contribution >= 0.6 is 0 Å². The number of ether oxygens (including phenoxy) is 3. The van der Waals surface area contributed by atoms with Crippen LogP contribution in [-0.2, 0) is 20.7 Å². The van der Waals surface area contributed by atoms with Crippen molar-refractivity contribution in [2.24, 2.45) is 0 Å². The predicted molar refractivity (Wildman–Crippen MR) is 131 cm³/mol. The Morgan fingerprint density at radius 3 is 2.14 bits per heavy atom. The normalized spacial score (nSPS) is 9.69. The standard InChI is InChI=1S/C29H23NO5/c1-2-28(31)34-20-19-33-18-4-3-5-22-6-12-26(13-7-22)29(32)35-27-16-14-25(15-17-27)24-10-8-23(21-30)9-11-24/h2,6-17H,1,3-5,18H2. The Labute approximate surface area is 204 Å². The molecule has 174 valence electrons. The van der Waals surface area contributed by atoms with Crippen molar-refractivity contribution in [3.63, 3.8) is 0 Å². The van der Waals surface area contributed by atoms with E-state index in [1.807, 2.05) is 36.4 Å². The lowest BCUT2D eigenvalue weighted by Gasteiger charge is -2.07. The van der Waals surface area contributed by atoms with Gasteiger partial charge in [0.2, 0.25) is 0 Å². The molecule has 0 aromatic heterocycles. The molecule has 3 rings (SSSR count). The quantitative estimate of drug-likeness (QED) is 0.138. The van der Waals surface area contributed by atoms with Gasteiger partial charge in [0, 0.05) is 6.08 Å². The van der Waals surface area contributed by atoms with E-state index in [1.165, 1.54) is 0 Å². The van der Waals surface area contributed by atoms with Gasteiger partial charge in [-0.25, -0.2) is 9.59 Å². The van der Waals surface area contributed by atoms with Crippen LogP contribution in [0.25, 0.3) is 11.1 Å². The summed E-state index contributed by atoms with van der Waals surface area (Å²) < 4.78 is 15.0. The number of rotatable bonds is 9. The van der Waals surface area contributed by atoms with Crippen LogP contribution in [0.1, 0.15) is 34.3 Å². The molecule has 6 heteroatoms. The Bertz CT molecular complexity index is 1260. The van der Waals surface area contributed by atoms with Crippen LogP contribution in [0.15, 0.2) is 85.5 Å². The van der Waals surface area contributed by atoms with Crippen molar-refractivity contribution in [2.45, 2.75) is 19.3 Å². The molecule has 0 atom stereocenters. The number of nitrogens with zero attached hydrogens (tertiary/aromatic N) is 1. The van der Waals surface area contributed by atoms with Crippen molar-refractivity contribution in [3.05, 3.63) is 102 Å². The second kappa shape index (κ2) is 13.0. The Kier molecular flexibility index (Phi) is 9.24. The van der Waals surface area contributed by atoms with Crippen molar-refractivity contribution in [1.29, 1.82) is 5.26 Å². The molecule has 0 aliphatic heterocycles. The number of aryl methyl sites for hydroxylation is 1. The number of hydrogen-bond donors (Lipinski definition) is 0. The minimum Gasteiger partial charge on any atom is -0.444 e. The highest BCUT2D eigenvalue weighted by molar-refractivity contribution is 5.91. The number of carbonyl (C=O) groups excluding carboxylic acids is 2. The lowest BCUT2D eigenvalue weighted by atomic mass is 10.0. The van der Waals surface area contributed by atoms with Gasteiger partial charge in [-0.3, -0.25) is 0 Å². The number of carbonyl (C=O) groups is 2. The van der Waals surface area contributed by atoms with Crippen LogP contribution < -0.4 is 4.74 Å². The molecule has 0 unspecified atom stereocenters. The van der Waals surface area contributed by atoms with Crippen LogP contribution in [0.5, 0.6) is 5.75 Å². The van der Waals surface area contributed by atoms with Gasteiger partial charge in [-0.2, -0.15) is 5.26 Å². The maximum atomic E-state index is 12.5. The average molecular weight is 466 g/mol. The number of unbranched alkanes of at least 4 members (excludes halogenated alkanes) is 1. The summed E-state index contributed by atoms with van der Waals surface area (Å²) in [6.45, 7) is 3.69. The van der Waals surface area contributed by atoms with Gasteiger partial charge in [-0.1, -0.05) is 43.0 Å². The van der Waals surface area contributed by atoms with E-state index in [0.717, 1.165) is 42.0 Å². The zero-order valence-corrected chi connectivity index (χ0v) is 19.0. The molecule has 0 amide bonds. The lowest BCUT2D eigenvalue weighted by molar-refractivity contribution is -0.131. The smallest absolute Gasteiger partial charge is 0.344 e.